The van der Waals surface area contributed by atoms with Gasteiger partial charge < -0.3 is 24.6 Å². The number of carboxylic acids is 1. The van der Waals surface area contributed by atoms with Gasteiger partial charge in [-0.1, -0.05) is 318 Å². The van der Waals surface area contributed by atoms with Crippen LogP contribution in [0.15, 0.2) is 0 Å². The van der Waals surface area contributed by atoms with Gasteiger partial charge in [-0.3, -0.25) is 29.1 Å². The van der Waals surface area contributed by atoms with Gasteiger partial charge in [0.15, 0.2) is 0 Å². The molecule has 0 spiro atoms. The van der Waals surface area contributed by atoms with Crippen LogP contribution in [0.5, 0.6) is 0 Å². The van der Waals surface area contributed by atoms with E-state index in [-0.39, 0.29) is 31.8 Å². The minimum atomic E-state index is -0.778. The van der Waals surface area contributed by atoms with Crippen LogP contribution in [0.2, 0.25) is 0 Å². The molecule has 0 aromatic heterocycles. The molecule has 0 saturated heterocycles. The number of aliphatic hydroxyl groups excluding tert-OH is 1. The predicted molar refractivity (Wildman–Crippen MR) is 372 cm³/mol. The van der Waals surface area contributed by atoms with Crippen LogP contribution in [-0.2, 0) is 23.9 Å². The number of ether oxygens (including phenoxy) is 2. The number of aliphatic carboxylic acids is 1. The minimum Gasteiger partial charge on any atom is -0.480 e. The van der Waals surface area contributed by atoms with Gasteiger partial charge in [-0.25, -0.2) is 0 Å². The van der Waals surface area contributed by atoms with Gasteiger partial charge >= 0.3 is 17.9 Å². The van der Waals surface area contributed by atoms with Crippen LogP contribution < -0.4 is 0 Å². The second-order valence-corrected chi connectivity index (χ2v) is 26.1. The largest absolute Gasteiger partial charge is 0.480 e. The standard InChI is InChI=1S/C53H107N3O4.C22H45NO3/c1-6-11-16-21-26-31-36-42-54(43-37-32-27-22-17-12-7-2)47-48-55(44-38-33-28-23-18-13-8-3)50-52(57)60-49-41-51(53(58)59)56(45-39-34-29-24-19-14-9-4)46-40-35-30-25-20-15-10-5;1-3-5-7-9-11-13-15-17-23(21-22(25)26-20-19-24)18-16-14-12-10-8-6-4-2/h51H,6-50H2,1-5H3,(H,58,59);24H,3-21H2,1-2H3. The number of carboxylic acid groups (broad SMARTS) is 1. The Morgan fingerprint density at radius 2 is 0.512 bits per heavy atom. The number of aliphatic hydroxyl groups is 1. The fraction of sp³-hybridized carbons (Fsp3) is 0.960. The number of unbranched alkanes of at least 4 members (excludes halogenated alkanes) is 42. The Morgan fingerprint density at radius 3 is 0.779 bits per heavy atom. The molecular formula is C75H152N4O7. The molecule has 0 radical (unpaired) electrons. The zero-order valence-corrected chi connectivity index (χ0v) is 59.1. The number of esters is 2. The first-order chi connectivity index (χ1) is 42.2. The molecule has 0 aliphatic heterocycles. The van der Waals surface area contributed by atoms with Crippen molar-refractivity contribution in [1.29, 1.82) is 0 Å². The van der Waals surface area contributed by atoms with Crippen molar-refractivity contribution in [3.8, 4) is 0 Å². The van der Waals surface area contributed by atoms with Gasteiger partial charge in [-0.05, 0) is 90.8 Å². The lowest BCUT2D eigenvalue weighted by Crippen LogP contribution is -2.43. The third kappa shape index (κ3) is 63.8. The maximum atomic E-state index is 13.5. The predicted octanol–water partition coefficient (Wildman–Crippen LogP) is 20.4. The van der Waals surface area contributed by atoms with Crippen molar-refractivity contribution in [1.82, 2.24) is 19.6 Å². The molecule has 0 aliphatic rings. The summed E-state index contributed by atoms with van der Waals surface area (Å²) in [5, 5.41) is 19.2. The molecule has 1 atom stereocenters. The van der Waals surface area contributed by atoms with Crippen LogP contribution in [0.4, 0.5) is 0 Å². The molecule has 0 fully saturated rings. The van der Waals surface area contributed by atoms with Crippen LogP contribution in [-0.4, -0.2) is 146 Å². The first kappa shape index (κ1) is 86.3. The van der Waals surface area contributed by atoms with Gasteiger partial charge in [0.2, 0.25) is 0 Å². The highest BCUT2D eigenvalue weighted by Crippen LogP contribution is 2.17. The van der Waals surface area contributed by atoms with Crippen LogP contribution in [0.1, 0.15) is 370 Å². The van der Waals surface area contributed by atoms with Crippen LogP contribution in [0, 0.1) is 0 Å². The van der Waals surface area contributed by atoms with Crippen LogP contribution >= 0.6 is 0 Å². The number of rotatable bonds is 70. The van der Waals surface area contributed by atoms with Crippen LogP contribution in [0.25, 0.3) is 0 Å². The summed E-state index contributed by atoms with van der Waals surface area (Å²) in [7, 11) is 0. The van der Waals surface area contributed by atoms with Crippen molar-refractivity contribution in [2.45, 2.75) is 376 Å². The molecule has 1 unspecified atom stereocenters. The van der Waals surface area contributed by atoms with E-state index < -0.39 is 12.0 Å². The first-order valence-electron chi connectivity index (χ1n) is 38.2. The summed E-state index contributed by atoms with van der Waals surface area (Å²) < 4.78 is 10.9. The van der Waals surface area contributed by atoms with E-state index in [0.29, 0.717) is 19.5 Å². The molecule has 11 nitrogen and oxygen atoms in total. The van der Waals surface area contributed by atoms with E-state index in [2.05, 4.69) is 68.1 Å². The second-order valence-electron chi connectivity index (χ2n) is 26.1. The van der Waals surface area contributed by atoms with Gasteiger partial charge in [-0.2, -0.15) is 0 Å². The maximum Gasteiger partial charge on any atom is 0.321 e. The smallest absolute Gasteiger partial charge is 0.321 e. The first-order valence-corrected chi connectivity index (χ1v) is 38.2. The van der Waals surface area contributed by atoms with Gasteiger partial charge in [0.25, 0.3) is 0 Å². The van der Waals surface area contributed by atoms with Crippen molar-refractivity contribution in [3.63, 3.8) is 0 Å². The fourth-order valence-electron chi connectivity index (χ4n) is 12.0. The molecule has 0 aliphatic carbocycles. The van der Waals surface area contributed by atoms with Gasteiger partial charge in [0.1, 0.15) is 12.6 Å². The monoisotopic (exact) mass is 1220 g/mol. The Kier molecular flexibility index (Phi) is 72.5. The summed E-state index contributed by atoms with van der Waals surface area (Å²) in [6, 6.07) is -0.603. The Labute approximate surface area is 536 Å². The summed E-state index contributed by atoms with van der Waals surface area (Å²) in [5.74, 6) is -1.18. The number of hydrogen-bond donors (Lipinski definition) is 2. The summed E-state index contributed by atoms with van der Waals surface area (Å²) >= 11 is 0. The molecule has 0 aromatic rings. The van der Waals surface area contributed by atoms with E-state index in [1.807, 2.05) is 0 Å². The minimum absolute atomic E-state index is 0.0960. The zero-order chi connectivity index (χ0) is 63.3. The third-order valence-corrected chi connectivity index (χ3v) is 17.7. The highest BCUT2D eigenvalue weighted by Gasteiger charge is 2.26. The van der Waals surface area contributed by atoms with E-state index >= 15 is 0 Å². The molecule has 86 heavy (non-hydrogen) atoms. The van der Waals surface area contributed by atoms with Gasteiger partial charge in [0.05, 0.1) is 26.3 Å². The summed E-state index contributed by atoms with van der Waals surface area (Å²) in [5.41, 5.74) is 0. The number of nitrogens with zero attached hydrogens (tertiary/aromatic N) is 4. The zero-order valence-electron chi connectivity index (χ0n) is 59.1. The normalized spacial score (nSPS) is 12.0. The summed E-state index contributed by atoms with van der Waals surface area (Å²) in [4.78, 5) is 47.5. The number of hydrogen-bond acceptors (Lipinski definition) is 10. The quantitative estimate of drug-likeness (QED) is 0.0447. The van der Waals surface area contributed by atoms with Crippen molar-refractivity contribution in [2.75, 3.05) is 91.8 Å². The second kappa shape index (κ2) is 72.3. The third-order valence-electron chi connectivity index (χ3n) is 17.7. The van der Waals surface area contributed by atoms with E-state index in [9.17, 15) is 19.5 Å². The lowest BCUT2D eigenvalue weighted by molar-refractivity contribution is -0.149. The maximum absolute atomic E-state index is 13.5. The van der Waals surface area contributed by atoms with E-state index in [1.54, 1.807) is 0 Å². The van der Waals surface area contributed by atoms with E-state index in [4.69, 9.17) is 14.6 Å². The number of carbonyl (C=O) groups is 3. The van der Waals surface area contributed by atoms with Crippen molar-refractivity contribution < 1.29 is 34.1 Å². The Bertz CT molecular complexity index is 1300. The summed E-state index contributed by atoms with van der Waals surface area (Å²) in [6.45, 7) is 25.4. The van der Waals surface area contributed by atoms with Crippen molar-refractivity contribution >= 4 is 17.9 Å². The molecule has 0 saturated carbocycles. The molecule has 0 rings (SSSR count). The van der Waals surface area contributed by atoms with Gasteiger partial charge in [0, 0.05) is 19.5 Å². The molecule has 0 amide bonds. The average molecular weight is 1220 g/mol. The lowest BCUT2D eigenvalue weighted by atomic mass is 10.1. The Morgan fingerprint density at radius 1 is 0.291 bits per heavy atom. The highest BCUT2D eigenvalue weighted by molar-refractivity contribution is 5.74. The molecule has 0 bridgehead atoms. The molecule has 2 N–H and O–H groups in total. The molecule has 0 aromatic carbocycles. The molecule has 514 valence electrons. The van der Waals surface area contributed by atoms with E-state index in [0.717, 1.165) is 104 Å². The topological polar surface area (TPSA) is 123 Å². The molecular weight excluding hydrogens is 1070 g/mol. The number of carbonyl (C=O) groups excluding carboxylic acids is 2. The van der Waals surface area contributed by atoms with Gasteiger partial charge in [-0.15, -0.1) is 0 Å². The highest BCUT2D eigenvalue weighted by atomic mass is 16.5. The Hall–Kier alpha value is -1.79. The molecule has 11 heteroatoms. The van der Waals surface area contributed by atoms with E-state index in [1.165, 1.54) is 270 Å². The SMILES string of the molecule is CCCCCCCCCN(CCCCCCCCC)CC(=O)OCCO.CCCCCCCCCN(CCCCCCCCC)CCN(CCCCCCCCC)CC(=O)OCCC(C(=O)O)N(CCCCCCCCC)CCCCCCCCC. The van der Waals surface area contributed by atoms with Crippen molar-refractivity contribution in [2.24, 2.45) is 0 Å². The summed E-state index contributed by atoms with van der Waals surface area (Å²) in [6.07, 6.45) is 63.0. The fourth-order valence-corrected chi connectivity index (χ4v) is 12.0. The van der Waals surface area contributed by atoms with Crippen LogP contribution in [0.3, 0.4) is 0 Å². The lowest BCUT2D eigenvalue weighted by Gasteiger charge is -2.29. The van der Waals surface area contributed by atoms with Crippen molar-refractivity contribution in [3.05, 3.63) is 0 Å². The average Bonchev–Trinajstić information content (AvgIpc) is 3.64. The molecule has 0 heterocycles. The Balaban J connectivity index is 0.